The van der Waals surface area contributed by atoms with E-state index in [1.165, 1.54) is 5.56 Å². The lowest BCUT2D eigenvalue weighted by atomic mass is 10.1. The Balaban J connectivity index is 2.19. The van der Waals surface area contributed by atoms with Gasteiger partial charge in [-0.25, -0.2) is 0 Å². The molecule has 0 aliphatic carbocycles. The molecule has 0 heterocycles. The second-order valence-corrected chi connectivity index (χ2v) is 6.41. The topological polar surface area (TPSA) is 21.3 Å². The fourth-order valence-electron chi connectivity index (χ4n) is 2.14. The third-order valence-electron chi connectivity index (χ3n) is 3.29. The van der Waals surface area contributed by atoms with Crippen LogP contribution in [0, 0.1) is 6.92 Å². The van der Waals surface area contributed by atoms with Gasteiger partial charge in [0.25, 0.3) is 0 Å². The number of halogens is 1. The van der Waals surface area contributed by atoms with Crippen molar-refractivity contribution in [2.24, 2.45) is 0 Å². The van der Waals surface area contributed by atoms with Crippen LogP contribution in [0.3, 0.4) is 0 Å². The van der Waals surface area contributed by atoms with Crippen LogP contribution in [0.5, 0.6) is 5.75 Å². The molecular weight excluding hydrogens is 326 g/mol. The second-order valence-electron chi connectivity index (χ2n) is 5.49. The molecule has 0 amide bonds. The number of benzene rings is 2. The van der Waals surface area contributed by atoms with Gasteiger partial charge in [-0.1, -0.05) is 60.1 Å². The molecule has 0 radical (unpaired) electrons. The van der Waals surface area contributed by atoms with Crippen molar-refractivity contribution in [2.75, 3.05) is 6.54 Å². The molecule has 21 heavy (non-hydrogen) atoms. The van der Waals surface area contributed by atoms with Gasteiger partial charge in [-0.15, -0.1) is 0 Å². The predicted octanol–water partition coefficient (Wildman–Crippen LogP) is 4.88. The monoisotopic (exact) mass is 347 g/mol. The van der Waals surface area contributed by atoms with E-state index in [0.717, 1.165) is 22.3 Å². The van der Waals surface area contributed by atoms with E-state index in [4.69, 9.17) is 4.74 Å². The Morgan fingerprint density at radius 2 is 1.81 bits per heavy atom. The Labute approximate surface area is 135 Å². The average Bonchev–Trinajstić information content (AvgIpc) is 2.46. The highest BCUT2D eigenvalue weighted by Gasteiger charge is 2.14. The molecule has 2 nitrogen and oxygen atoms in total. The first kappa shape index (κ1) is 16.1. The molecule has 1 atom stereocenters. The third kappa shape index (κ3) is 4.87. The standard InChI is InChI=1S/C18H22BrNO/c1-13(2)20-12-18(15-7-5-4-6-8-15)21-17-10-9-16(19)11-14(17)3/h4-11,13,18,20H,12H2,1-3H3. The van der Waals surface area contributed by atoms with Crippen LogP contribution in [0.4, 0.5) is 0 Å². The molecule has 112 valence electrons. The molecule has 0 spiro atoms. The minimum atomic E-state index is 0.00785. The Hall–Kier alpha value is -1.32. The zero-order valence-corrected chi connectivity index (χ0v) is 14.4. The molecule has 3 heteroatoms. The molecule has 0 aromatic heterocycles. The van der Waals surface area contributed by atoms with Gasteiger partial charge in [-0.05, 0) is 36.2 Å². The van der Waals surface area contributed by atoms with Crippen LogP contribution in [-0.4, -0.2) is 12.6 Å². The van der Waals surface area contributed by atoms with Gasteiger partial charge in [0.15, 0.2) is 0 Å². The lowest BCUT2D eigenvalue weighted by molar-refractivity contribution is 0.197. The Morgan fingerprint density at radius 3 is 2.43 bits per heavy atom. The van der Waals surface area contributed by atoms with Gasteiger partial charge in [-0.2, -0.15) is 0 Å². The summed E-state index contributed by atoms with van der Waals surface area (Å²) in [7, 11) is 0. The van der Waals surface area contributed by atoms with Crippen molar-refractivity contribution in [3.8, 4) is 5.75 Å². The van der Waals surface area contributed by atoms with E-state index in [1.54, 1.807) is 0 Å². The van der Waals surface area contributed by atoms with Crippen LogP contribution < -0.4 is 10.1 Å². The quantitative estimate of drug-likeness (QED) is 0.804. The fraction of sp³-hybridized carbons (Fsp3) is 0.333. The van der Waals surface area contributed by atoms with E-state index in [2.05, 4.69) is 72.3 Å². The van der Waals surface area contributed by atoms with Crippen LogP contribution in [0.15, 0.2) is 53.0 Å². The summed E-state index contributed by atoms with van der Waals surface area (Å²) < 4.78 is 7.33. The second kappa shape index (κ2) is 7.62. The summed E-state index contributed by atoms with van der Waals surface area (Å²) in [6.07, 6.45) is 0.00785. The van der Waals surface area contributed by atoms with Crippen molar-refractivity contribution in [2.45, 2.75) is 32.9 Å². The van der Waals surface area contributed by atoms with Crippen molar-refractivity contribution >= 4 is 15.9 Å². The summed E-state index contributed by atoms with van der Waals surface area (Å²) >= 11 is 3.49. The van der Waals surface area contributed by atoms with Gasteiger partial charge >= 0.3 is 0 Å². The number of ether oxygens (including phenoxy) is 1. The van der Waals surface area contributed by atoms with Gasteiger partial charge in [0.2, 0.25) is 0 Å². The molecule has 0 aliphatic rings. The predicted molar refractivity (Wildman–Crippen MR) is 91.8 cm³/mol. The first-order valence-corrected chi connectivity index (χ1v) is 8.06. The summed E-state index contributed by atoms with van der Waals surface area (Å²) in [5.41, 5.74) is 2.32. The molecule has 1 N–H and O–H groups in total. The Kier molecular flexibility index (Phi) is 5.83. The summed E-state index contributed by atoms with van der Waals surface area (Å²) in [6, 6.07) is 16.9. The van der Waals surface area contributed by atoms with E-state index in [1.807, 2.05) is 18.2 Å². The average molecular weight is 348 g/mol. The van der Waals surface area contributed by atoms with Crippen molar-refractivity contribution in [1.29, 1.82) is 0 Å². The summed E-state index contributed by atoms with van der Waals surface area (Å²) in [5.74, 6) is 0.928. The summed E-state index contributed by atoms with van der Waals surface area (Å²) in [4.78, 5) is 0. The normalized spacial score (nSPS) is 12.4. The number of hydrogen-bond acceptors (Lipinski definition) is 2. The molecule has 2 rings (SSSR count). The van der Waals surface area contributed by atoms with Crippen LogP contribution in [0.2, 0.25) is 0 Å². The van der Waals surface area contributed by atoms with Gasteiger partial charge < -0.3 is 10.1 Å². The molecule has 2 aromatic rings. The van der Waals surface area contributed by atoms with E-state index >= 15 is 0 Å². The third-order valence-corrected chi connectivity index (χ3v) is 3.78. The molecule has 0 saturated carbocycles. The van der Waals surface area contributed by atoms with Gasteiger partial charge in [0.05, 0.1) is 0 Å². The maximum atomic E-state index is 6.25. The van der Waals surface area contributed by atoms with Gasteiger partial charge in [0.1, 0.15) is 11.9 Å². The van der Waals surface area contributed by atoms with E-state index in [9.17, 15) is 0 Å². The van der Waals surface area contributed by atoms with E-state index in [0.29, 0.717) is 6.04 Å². The minimum Gasteiger partial charge on any atom is -0.484 e. The maximum Gasteiger partial charge on any atom is 0.136 e. The molecule has 0 bridgehead atoms. The van der Waals surface area contributed by atoms with Crippen molar-refractivity contribution in [3.63, 3.8) is 0 Å². The number of rotatable bonds is 6. The molecule has 0 saturated heterocycles. The molecule has 1 unspecified atom stereocenters. The zero-order valence-electron chi connectivity index (χ0n) is 12.8. The SMILES string of the molecule is Cc1cc(Br)ccc1OC(CNC(C)C)c1ccccc1. The summed E-state index contributed by atoms with van der Waals surface area (Å²) in [6.45, 7) is 7.15. The fourth-order valence-corrected chi connectivity index (χ4v) is 2.61. The van der Waals surface area contributed by atoms with E-state index in [-0.39, 0.29) is 6.10 Å². The molecule has 0 fully saturated rings. The highest BCUT2D eigenvalue weighted by molar-refractivity contribution is 9.10. The van der Waals surface area contributed by atoms with Gasteiger partial charge in [0, 0.05) is 17.1 Å². The van der Waals surface area contributed by atoms with Crippen molar-refractivity contribution in [3.05, 3.63) is 64.1 Å². The highest BCUT2D eigenvalue weighted by atomic mass is 79.9. The van der Waals surface area contributed by atoms with Gasteiger partial charge in [-0.3, -0.25) is 0 Å². The van der Waals surface area contributed by atoms with Crippen molar-refractivity contribution in [1.82, 2.24) is 5.32 Å². The minimum absolute atomic E-state index is 0.00785. The smallest absolute Gasteiger partial charge is 0.136 e. The molecular formula is C18H22BrNO. The van der Waals surface area contributed by atoms with Crippen LogP contribution in [0.25, 0.3) is 0 Å². The zero-order chi connectivity index (χ0) is 15.2. The largest absolute Gasteiger partial charge is 0.484 e. The first-order chi connectivity index (χ1) is 10.1. The number of hydrogen-bond donors (Lipinski definition) is 1. The van der Waals surface area contributed by atoms with Crippen LogP contribution in [-0.2, 0) is 0 Å². The Bertz CT molecular complexity index is 569. The van der Waals surface area contributed by atoms with E-state index < -0.39 is 0 Å². The maximum absolute atomic E-state index is 6.25. The first-order valence-electron chi connectivity index (χ1n) is 7.27. The molecule has 2 aromatic carbocycles. The van der Waals surface area contributed by atoms with Crippen LogP contribution >= 0.6 is 15.9 Å². The number of aryl methyl sites for hydroxylation is 1. The lowest BCUT2D eigenvalue weighted by Crippen LogP contribution is -2.30. The molecule has 0 aliphatic heterocycles. The van der Waals surface area contributed by atoms with Crippen LogP contribution in [0.1, 0.15) is 31.1 Å². The summed E-state index contributed by atoms with van der Waals surface area (Å²) in [5, 5.41) is 3.46. The number of nitrogens with one attached hydrogen (secondary N) is 1. The highest BCUT2D eigenvalue weighted by Crippen LogP contribution is 2.27. The lowest BCUT2D eigenvalue weighted by Gasteiger charge is -2.22. The van der Waals surface area contributed by atoms with Crippen molar-refractivity contribution < 1.29 is 4.74 Å². The Morgan fingerprint density at radius 1 is 1.10 bits per heavy atom.